The van der Waals surface area contributed by atoms with Gasteiger partial charge in [0.05, 0.1) is 5.69 Å². The first-order valence-corrected chi connectivity index (χ1v) is 7.64. The van der Waals surface area contributed by atoms with Crippen LogP contribution in [0.1, 0.15) is 24.1 Å². The number of hydrogen-bond acceptors (Lipinski definition) is 3. The van der Waals surface area contributed by atoms with Crippen LogP contribution < -0.4 is 0 Å². The highest BCUT2D eigenvalue weighted by Gasteiger charge is 2.44. The summed E-state index contributed by atoms with van der Waals surface area (Å²) in [5.74, 6) is 1.86. The van der Waals surface area contributed by atoms with E-state index in [1.54, 1.807) is 0 Å². The lowest BCUT2D eigenvalue weighted by Crippen LogP contribution is -2.30. The van der Waals surface area contributed by atoms with Crippen molar-refractivity contribution in [1.29, 1.82) is 0 Å². The Balaban J connectivity index is 1.37. The van der Waals surface area contributed by atoms with Crippen molar-refractivity contribution in [3.8, 4) is 0 Å². The summed E-state index contributed by atoms with van der Waals surface area (Å²) in [6, 6.07) is 0.958. The van der Waals surface area contributed by atoms with Crippen LogP contribution in [0.2, 0.25) is 0 Å². The Kier molecular flexibility index (Phi) is 2.71. The lowest BCUT2D eigenvalue weighted by molar-refractivity contribution is 0.245. The van der Waals surface area contributed by atoms with Gasteiger partial charge in [0.2, 0.25) is 0 Å². The molecule has 3 heterocycles. The number of rotatable bonds is 3. The molecule has 0 amide bonds. The number of likely N-dealkylation sites (tertiary alicyclic amines) is 2. The quantitative estimate of drug-likeness (QED) is 0.817. The average Bonchev–Trinajstić information content (AvgIpc) is 2.92. The molecule has 2 unspecified atom stereocenters. The van der Waals surface area contributed by atoms with Gasteiger partial charge in [0.25, 0.3) is 0 Å². The molecule has 4 rings (SSSR count). The summed E-state index contributed by atoms with van der Waals surface area (Å²) in [6.45, 7) is 8.53. The van der Waals surface area contributed by atoms with E-state index in [0.29, 0.717) is 0 Å². The molecule has 0 spiro atoms. The van der Waals surface area contributed by atoms with Gasteiger partial charge in [-0.05, 0) is 31.6 Å². The van der Waals surface area contributed by atoms with E-state index in [0.717, 1.165) is 24.4 Å². The van der Waals surface area contributed by atoms with Crippen LogP contribution in [0, 0.1) is 18.8 Å². The molecule has 2 saturated heterocycles. The summed E-state index contributed by atoms with van der Waals surface area (Å²) in [4.78, 5) is 5.39. The second-order valence-corrected chi connectivity index (χ2v) is 6.81. The highest BCUT2D eigenvalue weighted by Crippen LogP contribution is 2.38. The van der Waals surface area contributed by atoms with Gasteiger partial charge in [-0.1, -0.05) is 0 Å². The maximum Gasteiger partial charge on any atom is 0.0638 e. The third-order valence-corrected chi connectivity index (χ3v) is 5.16. The second kappa shape index (κ2) is 4.32. The highest BCUT2D eigenvalue weighted by molar-refractivity contribution is 5.15. The Morgan fingerprint density at radius 3 is 2.37 bits per heavy atom. The molecule has 0 N–H and O–H groups in total. The smallest absolute Gasteiger partial charge is 0.0638 e. The van der Waals surface area contributed by atoms with E-state index in [1.165, 1.54) is 50.3 Å². The van der Waals surface area contributed by atoms with Crippen molar-refractivity contribution in [2.24, 2.45) is 18.9 Å². The third kappa shape index (κ3) is 2.21. The summed E-state index contributed by atoms with van der Waals surface area (Å²) in [5.41, 5.74) is 2.60. The Morgan fingerprint density at radius 1 is 1.16 bits per heavy atom. The molecule has 19 heavy (non-hydrogen) atoms. The van der Waals surface area contributed by atoms with Gasteiger partial charge in [0.15, 0.2) is 0 Å². The first kappa shape index (κ1) is 11.9. The largest absolute Gasteiger partial charge is 0.300 e. The van der Waals surface area contributed by atoms with Crippen molar-refractivity contribution in [2.75, 3.05) is 26.2 Å². The predicted octanol–water partition coefficient (Wildman–Crippen LogP) is 1.25. The summed E-state index contributed by atoms with van der Waals surface area (Å²) in [6.07, 6.45) is 5.09. The molecule has 1 aromatic rings. The molecule has 104 valence electrons. The van der Waals surface area contributed by atoms with Gasteiger partial charge < -0.3 is 0 Å². The fraction of sp³-hybridized carbons (Fsp3) is 0.800. The summed E-state index contributed by atoms with van der Waals surface area (Å²) < 4.78 is 1.94. The molecule has 0 aromatic carbocycles. The minimum Gasteiger partial charge on any atom is -0.300 e. The van der Waals surface area contributed by atoms with E-state index < -0.39 is 0 Å². The SMILES string of the molecule is Cc1nn(C)cc1CN1CC2CN(C3CC3)CC2C1. The van der Waals surface area contributed by atoms with Crippen molar-refractivity contribution in [2.45, 2.75) is 32.4 Å². The van der Waals surface area contributed by atoms with Crippen molar-refractivity contribution >= 4 is 0 Å². The van der Waals surface area contributed by atoms with Gasteiger partial charge in [-0.15, -0.1) is 0 Å². The van der Waals surface area contributed by atoms with Gasteiger partial charge in [-0.25, -0.2) is 0 Å². The van der Waals surface area contributed by atoms with Crippen LogP contribution in [0.25, 0.3) is 0 Å². The Bertz CT molecular complexity index is 462. The molecule has 0 radical (unpaired) electrons. The fourth-order valence-corrected chi connectivity index (χ4v) is 4.04. The zero-order valence-corrected chi connectivity index (χ0v) is 12.0. The molecule has 0 bridgehead atoms. The topological polar surface area (TPSA) is 24.3 Å². The fourth-order valence-electron chi connectivity index (χ4n) is 4.04. The molecule has 1 aliphatic carbocycles. The van der Waals surface area contributed by atoms with Gasteiger partial charge in [-0.3, -0.25) is 14.5 Å². The predicted molar refractivity (Wildman–Crippen MR) is 74.8 cm³/mol. The number of aryl methyl sites for hydroxylation is 2. The number of aromatic nitrogens is 2. The zero-order chi connectivity index (χ0) is 13.0. The van der Waals surface area contributed by atoms with Crippen LogP contribution >= 0.6 is 0 Å². The van der Waals surface area contributed by atoms with Crippen LogP contribution in [0.3, 0.4) is 0 Å². The van der Waals surface area contributed by atoms with E-state index in [2.05, 4.69) is 28.0 Å². The first-order valence-electron chi connectivity index (χ1n) is 7.64. The Morgan fingerprint density at radius 2 is 1.84 bits per heavy atom. The maximum atomic E-state index is 4.45. The van der Waals surface area contributed by atoms with Crippen molar-refractivity contribution in [1.82, 2.24) is 19.6 Å². The molecular formula is C15H24N4. The van der Waals surface area contributed by atoms with Gasteiger partial charge >= 0.3 is 0 Å². The van der Waals surface area contributed by atoms with Gasteiger partial charge in [-0.2, -0.15) is 5.10 Å². The van der Waals surface area contributed by atoms with Crippen molar-refractivity contribution in [3.63, 3.8) is 0 Å². The first-order chi connectivity index (χ1) is 9.19. The van der Waals surface area contributed by atoms with Crippen molar-refractivity contribution in [3.05, 3.63) is 17.5 Å². The molecule has 2 aliphatic heterocycles. The Labute approximate surface area is 115 Å². The molecule has 3 aliphatic rings. The van der Waals surface area contributed by atoms with Crippen LogP contribution in [-0.2, 0) is 13.6 Å². The van der Waals surface area contributed by atoms with E-state index in [1.807, 2.05) is 11.7 Å². The highest BCUT2D eigenvalue weighted by atomic mass is 15.3. The second-order valence-electron chi connectivity index (χ2n) is 6.81. The monoisotopic (exact) mass is 260 g/mol. The number of fused-ring (bicyclic) bond motifs is 1. The summed E-state index contributed by atoms with van der Waals surface area (Å²) in [5, 5.41) is 4.45. The molecule has 2 atom stereocenters. The lowest BCUT2D eigenvalue weighted by Gasteiger charge is -2.20. The minimum absolute atomic E-state index is 0.928. The zero-order valence-electron chi connectivity index (χ0n) is 12.0. The van der Waals surface area contributed by atoms with Crippen LogP contribution in [-0.4, -0.2) is 51.8 Å². The Hall–Kier alpha value is -0.870. The standard InChI is InChI=1S/C15H24N4/c1-11-12(5-17(2)16-11)6-18-7-13-9-19(15-3-4-15)10-14(13)8-18/h5,13-15H,3-4,6-10H2,1-2H3. The molecule has 4 heteroatoms. The average molecular weight is 260 g/mol. The maximum absolute atomic E-state index is 4.45. The number of hydrogen-bond donors (Lipinski definition) is 0. The molecule has 1 saturated carbocycles. The van der Waals surface area contributed by atoms with E-state index >= 15 is 0 Å². The summed E-state index contributed by atoms with van der Waals surface area (Å²) >= 11 is 0. The lowest BCUT2D eigenvalue weighted by atomic mass is 10.0. The summed E-state index contributed by atoms with van der Waals surface area (Å²) in [7, 11) is 2.02. The third-order valence-electron chi connectivity index (χ3n) is 5.16. The molecule has 3 fully saturated rings. The minimum atomic E-state index is 0.928. The van der Waals surface area contributed by atoms with Crippen molar-refractivity contribution < 1.29 is 0 Å². The molecule has 1 aromatic heterocycles. The van der Waals surface area contributed by atoms with E-state index in [9.17, 15) is 0 Å². The van der Waals surface area contributed by atoms with Crippen LogP contribution in [0.4, 0.5) is 0 Å². The molecular weight excluding hydrogens is 236 g/mol. The van der Waals surface area contributed by atoms with Crippen LogP contribution in [0.5, 0.6) is 0 Å². The van der Waals surface area contributed by atoms with E-state index in [4.69, 9.17) is 0 Å². The number of nitrogens with zero attached hydrogens (tertiary/aromatic N) is 4. The van der Waals surface area contributed by atoms with Crippen LogP contribution in [0.15, 0.2) is 6.20 Å². The van der Waals surface area contributed by atoms with E-state index in [-0.39, 0.29) is 0 Å². The normalized spacial score (nSPS) is 32.1. The molecule has 4 nitrogen and oxygen atoms in total. The van der Waals surface area contributed by atoms with Gasteiger partial charge in [0, 0.05) is 57.6 Å². The van der Waals surface area contributed by atoms with Gasteiger partial charge in [0.1, 0.15) is 0 Å².